The third-order valence-corrected chi connectivity index (χ3v) is 7.90. The molecule has 0 radical (unpaired) electrons. The number of nitrogens with zero attached hydrogens (tertiary/aromatic N) is 1. The van der Waals surface area contributed by atoms with Crippen molar-refractivity contribution < 1.29 is 18.0 Å². The molecule has 0 spiro atoms. The molecule has 0 atom stereocenters. The molecule has 2 aliphatic carbocycles. The molecule has 0 N–H and O–H groups in total. The van der Waals surface area contributed by atoms with Crippen molar-refractivity contribution in [1.29, 1.82) is 0 Å². The van der Waals surface area contributed by atoms with Gasteiger partial charge in [-0.05, 0) is 74.5 Å². The Morgan fingerprint density at radius 2 is 1.80 bits per heavy atom. The summed E-state index contributed by atoms with van der Waals surface area (Å²) >= 11 is 7.87. The monoisotopic (exact) mass is 455 g/mol. The molecule has 1 heterocycles. The number of Topliss-reactive ketones (excluding diaryl/α,β-unsaturated/α-hetero) is 1. The Kier molecular flexibility index (Phi) is 6.54. The molecule has 7 heteroatoms. The summed E-state index contributed by atoms with van der Waals surface area (Å²) in [5.41, 5.74) is -0.838. The quantitative estimate of drug-likeness (QED) is 0.400. The van der Waals surface area contributed by atoms with Gasteiger partial charge < -0.3 is 0 Å². The SMILES string of the molecule is O=C(CC1CCC(CCc2ncc(C3CC3)s2)CC1)c1cc(C(F)(F)F)ccc1Cl. The standard InChI is InChI=1S/C23H25ClF3NOS/c24-19-9-8-17(23(25,26)27)12-18(19)20(29)11-15-3-1-14(2-4-15)5-10-22-28-13-21(30-22)16-6-7-16/h8-9,12-16H,1-7,10-11H2. The molecule has 0 bridgehead atoms. The summed E-state index contributed by atoms with van der Waals surface area (Å²) in [7, 11) is 0. The average molecular weight is 456 g/mol. The Bertz CT molecular complexity index is 898. The van der Waals surface area contributed by atoms with E-state index in [0.717, 1.165) is 56.6 Å². The number of carbonyl (C=O) groups is 1. The van der Waals surface area contributed by atoms with Gasteiger partial charge in [0.05, 0.1) is 15.6 Å². The van der Waals surface area contributed by atoms with Crippen molar-refractivity contribution in [3.63, 3.8) is 0 Å². The molecule has 2 aliphatic rings. The maximum Gasteiger partial charge on any atom is 0.416 e. The summed E-state index contributed by atoms with van der Waals surface area (Å²) in [5, 5.41) is 1.32. The predicted molar refractivity (Wildman–Crippen MR) is 113 cm³/mol. The number of carbonyl (C=O) groups excluding carboxylic acids is 1. The highest BCUT2D eigenvalue weighted by Gasteiger charge is 2.32. The van der Waals surface area contributed by atoms with Crippen LogP contribution in [0, 0.1) is 11.8 Å². The third-order valence-electron chi connectivity index (χ3n) is 6.35. The molecular weight excluding hydrogens is 431 g/mol. The third kappa shape index (κ3) is 5.44. The first-order valence-corrected chi connectivity index (χ1v) is 11.8. The average Bonchev–Trinajstić information content (AvgIpc) is 3.45. The molecule has 2 saturated carbocycles. The van der Waals surface area contributed by atoms with Gasteiger partial charge >= 0.3 is 6.18 Å². The Labute approximate surface area is 183 Å². The minimum absolute atomic E-state index is 0.0103. The van der Waals surface area contributed by atoms with E-state index in [4.69, 9.17) is 11.6 Å². The van der Waals surface area contributed by atoms with E-state index in [0.29, 0.717) is 5.92 Å². The topological polar surface area (TPSA) is 30.0 Å². The first kappa shape index (κ1) is 21.8. The van der Waals surface area contributed by atoms with Crippen molar-refractivity contribution in [2.45, 2.75) is 69.9 Å². The lowest BCUT2D eigenvalue weighted by molar-refractivity contribution is -0.137. The normalized spacial score (nSPS) is 22.3. The highest BCUT2D eigenvalue weighted by molar-refractivity contribution is 7.11. The van der Waals surface area contributed by atoms with Gasteiger partial charge in [-0.3, -0.25) is 4.79 Å². The lowest BCUT2D eigenvalue weighted by atomic mass is 9.77. The van der Waals surface area contributed by atoms with E-state index < -0.39 is 11.7 Å². The van der Waals surface area contributed by atoms with Gasteiger partial charge in [-0.25, -0.2) is 4.98 Å². The van der Waals surface area contributed by atoms with Gasteiger partial charge in [0.15, 0.2) is 5.78 Å². The Balaban J connectivity index is 1.25. The summed E-state index contributed by atoms with van der Waals surface area (Å²) in [6.45, 7) is 0. The number of halogens is 4. The fourth-order valence-corrected chi connectivity index (χ4v) is 5.66. The molecule has 2 fully saturated rings. The summed E-state index contributed by atoms with van der Waals surface area (Å²) in [6.07, 6.45) is 6.59. The van der Waals surface area contributed by atoms with E-state index in [9.17, 15) is 18.0 Å². The molecule has 0 unspecified atom stereocenters. The van der Waals surface area contributed by atoms with Gasteiger partial charge in [-0.1, -0.05) is 24.4 Å². The smallest absolute Gasteiger partial charge is 0.294 e. The van der Waals surface area contributed by atoms with Crippen LogP contribution in [0.4, 0.5) is 13.2 Å². The van der Waals surface area contributed by atoms with Crippen molar-refractivity contribution in [3.8, 4) is 0 Å². The number of aryl methyl sites for hydroxylation is 1. The molecule has 1 aromatic heterocycles. The molecule has 2 aromatic rings. The van der Waals surface area contributed by atoms with E-state index in [-0.39, 0.29) is 28.7 Å². The maximum atomic E-state index is 12.9. The van der Waals surface area contributed by atoms with Crippen LogP contribution in [0.15, 0.2) is 24.4 Å². The minimum Gasteiger partial charge on any atom is -0.294 e. The number of benzene rings is 1. The number of alkyl halides is 3. The van der Waals surface area contributed by atoms with Crippen LogP contribution in [0.5, 0.6) is 0 Å². The van der Waals surface area contributed by atoms with Crippen molar-refractivity contribution in [2.24, 2.45) is 11.8 Å². The van der Waals surface area contributed by atoms with E-state index in [2.05, 4.69) is 4.98 Å². The fourth-order valence-electron chi connectivity index (χ4n) is 4.34. The fraction of sp³-hybridized carbons (Fsp3) is 0.565. The van der Waals surface area contributed by atoms with E-state index in [1.807, 2.05) is 17.5 Å². The minimum atomic E-state index is -4.48. The van der Waals surface area contributed by atoms with Crippen molar-refractivity contribution >= 4 is 28.7 Å². The number of ketones is 1. The van der Waals surface area contributed by atoms with E-state index in [1.54, 1.807) is 0 Å². The van der Waals surface area contributed by atoms with E-state index in [1.165, 1.54) is 28.8 Å². The van der Waals surface area contributed by atoms with Gasteiger partial charge in [0.25, 0.3) is 0 Å². The number of hydrogen-bond acceptors (Lipinski definition) is 3. The van der Waals surface area contributed by atoms with Crippen LogP contribution < -0.4 is 0 Å². The van der Waals surface area contributed by atoms with Gasteiger partial charge in [0.1, 0.15) is 0 Å². The Morgan fingerprint density at radius 1 is 1.10 bits per heavy atom. The van der Waals surface area contributed by atoms with Gasteiger partial charge in [0.2, 0.25) is 0 Å². The van der Waals surface area contributed by atoms with Gasteiger partial charge in [-0.15, -0.1) is 11.3 Å². The summed E-state index contributed by atoms with van der Waals surface area (Å²) in [5.74, 6) is 1.34. The highest BCUT2D eigenvalue weighted by atomic mass is 35.5. The van der Waals surface area contributed by atoms with Crippen LogP contribution in [0.1, 0.15) is 83.1 Å². The summed E-state index contributed by atoms with van der Waals surface area (Å²) in [4.78, 5) is 18.6. The van der Waals surface area contributed by atoms with Crippen molar-refractivity contribution in [1.82, 2.24) is 4.98 Å². The molecule has 30 heavy (non-hydrogen) atoms. The number of hydrogen-bond donors (Lipinski definition) is 0. The van der Waals surface area contributed by atoms with Crippen molar-refractivity contribution in [3.05, 3.63) is 50.4 Å². The second kappa shape index (κ2) is 8.99. The second-order valence-corrected chi connectivity index (χ2v) is 10.2. The number of thiazole rings is 1. The summed E-state index contributed by atoms with van der Waals surface area (Å²) in [6, 6.07) is 2.97. The lowest BCUT2D eigenvalue weighted by Crippen LogP contribution is -2.18. The van der Waals surface area contributed by atoms with Crippen LogP contribution in [0.2, 0.25) is 5.02 Å². The second-order valence-electron chi connectivity index (χ2n) is 8.68. The molecule has 0 saturated heterocycles. The Morgan fingerprint density at radius 3 is 2.47 bits per heavy atom. The molecular formula is C23H25ClF3NOS. The van der Waals surface area contributed by atoms with Gasteiger partial charge in [-0.2, -0.15) is 13.2 Å². The number of aromatic nitrogens is 1. The predicted octanol–water partition coefficient (Wildman–Crippen LogP) is 7.70. The molecule has 1 aromatic carbocycles. The first-order chi connectivity index (χ1) is 14.3. The zero-order valence-electron chi connectivity index (χ0n) is 16.7. The lowest BCUT2D eigenvalue weighted by Gasteiger charge is -2.28. The zero-order chi connectivity index (χ0) is 21.3. The Hall–Kier alpha value is -1.40. The highest BCUT2D eigenvalue weighted by Crippen LogP contribution is 2.43. The van der Waals surface area contributed by atoms with E-state index >= 15 is 0 Å². The van der Waals surface area contributed by atoms with Crippen LogP contribution in [0.25, 0.3) is 0 Å². The molecule has 2 nitrogen and oxygen atoms in total. The van der Waals surface area contributed by atoms with Gasteiger partial charge in [0, 0.05) is 23.1 Å². The number of rotatable bonds is 7. The molecule has 0 aliphatic heterocycles. The largest absolute Gasteiger partial charge is 0.416 e. The maximum absolute atomic E-state index is 12.9. The van der Waals surface area contributed by atoms with Crippen LogP contribution in [0.3, 0.4) is 0 Å². The van der Waals surface area contributed by atoms with Crippen LogP contribution in [-0.4, -0.2) is 10.8 Å². The van der Waals surface area contributed by atoms with Crippen molar-refractivity contribution in [2.75, 3.05) is 0 Å². The molecule has 162 valence electrons. The zero-order valence-corrected chi connectivity index (χ0v) is 18.3. The summed E-state index contributed by atoms with van der Waals surface area (Å²) < 4.78 is 38.8. The van der Waals surface area contributed by atoms with Crippen LogP contribution >= 0.6 is 22.9 Å². The molecule has 4 rings (SSSR count). The van der Waals surface area contributed by atoms with Crippen LogP contribution in [-0.2, 0) is 12.6 Å². The first-order valence-electron chi connectivity index (χ1n) is 10.6. The molecule has 0 amide bonds.